The minimum Gasteiger partial charge on any atom is -0.476 e. The minimum atomic E-state index is 0.566. The van der Waals surface area contributed by atoms with Crippen LogP contribution in [0.1, 0.15) is 12.1 Å². The van der Waals surface area contributed by atoms with Crippen LogP contribution in [0.15, 0.2) is 0 Å². The lowest BCUT2D eigenvalue weighted by Crippen LogP contribution is -2.08. The van der Waals surface area contributed by atoms with Crippen molar-refractivity contribution in [3.05, 3.63) is 5.69 Å². The number of methoxy groups -OCH3 is 1. The van der Waals surface area contributed by atoms with Gasteiger partial charge < -0.3 is 19.9 Å². The zero-order chi connectivity index (χ0) is 12.7. The summed E-state index contributed by atoms with van der Waals surface area (Å²) in [7, 11) is 3.47. The highest BCUT2D eigenvalue weighted by Gasteiger charge is 2.10. The van der Waals surface area contributed by atoms with E-state index in [0.717, 1.165) is 12.1 Å². The molecule has 1 aromatic heterocycles. The van der Waals surface area contributed by atoms with Gasteiger partial charge >= 0.3 is 0 Å². The number of ether oxygens (including phenoxy) is 3. The molecule has 0 radical (unpaired) electrons. The number of anilines is 1. The molecule has 98 valence electrons. The van der Waals surface area contributed by atoms with Crippen molar-refractivity contribution in [1.82, 2.24) is 9.78 Å². The molecule has 0 amide bonds. The monoisotopic (exact) mass is 243 g/mol. The predicted octanol–water partition coefficient (Wildman–Crippen LogP) is 0.743. The van der Waals surface area contributed by atoms with Crippen LogP contribution in [0, 0.1) is 6.92 Å². The molecule has 0 aliphatic heterocycles. The zero-order valence-electron chi connectivity index (χ0n) is 10.7. The number of nitrogens with two attached hydrogens (primary N) is 1. The van der Waals surface area contributed by atoms with Crippen LogP contribution in [0.2, 0.25) is 0 Å². The van der Waals surface area contributed by atoms with E-state index >= 15 is 0 Å². The van der Waals surface area contributed by atoms with Crippen molar-refractivity contribution in [2.45, 2.75) is 13.3 Å². The maximum atomic E-state index is 5.83. The maximum Gasteiger partial charge on any atom is 0.235 e. The molecule has 0 spiro atoms. The van der Waals surface area contributed by atoms with Gasteiger partial charge in [0.15, 0.2) is 0 Å². The summed E-state index contributed by atoms with van der Waals surface area (Å²) in [4.78, 5) is 0. The molecular formula is C11H21N3O3. The lowest BCUT2D eigenvalue weighted by atomic mass is 10.4. The number of hydrogen-bond acceptors (Lipinski definition) is 5. The lowest BCUT2D eigenvalue weighted by Gasteiger charge is -2.07. The van der Waals surface area contributed by atoms with Crippen molar-refractivity contribution in [1.29, 1.82) is 0 Å². The summed E-state index contributed by atoms with van der Waals surface area (Å²) in [5.74, 6) is 0.624. The average molecular weight is 243 g/mol. The molecule has 0 bridgehead atoms. The lowest BCUT2D eigenvalue weighted by molar-refractivity contribution is 0.0640. The highest BCUT2D eigenvalue weighted by atomic mass is 16.5. The fourth-order valence-corrected chi connectivity index (χ4v) is 1.40. The molecule has 0 aliphatic carbocycles. The standard InChI is InChI=1S/C11H21N3O3/c1-9-10(12)11(14(2)13-9)17-6-4-5-16-8-7-15-3/h4-8,12H2,1-3H3. The van der Waals surface area contributed by atoms with Gasteiger partial charge in [-0.05, 0) is 6.92 Å². The minimum absolute atomic E-state index is 0.566. The maximum absolute atomic E-state index is 5.83. The summed E-state index contributed by atoms with van der Waals surface area (Å²) in [5.41, 5.74) is 7.22. The first-order valence-corrected chi connectivity index (χ1v) is 5.65. The van der Waals surface area contributed by atoms with Crippen molar-refractivity contribution >= 4 is 5.69 Å². The Hall–Kier alpha value is -1.27. The van der Waals surface area contributed by atoms with E-state index in [0.29, 0.717) is 38.0 Å². The van der Waals surface area contributed by atoms with Crippen LogP contribution in [0.3, 0.4) is 0 Å². The summed E-state index contributed by atoms with van der Waals surface area (Å²) in [6.07, 6.45) is 0.813. The van der Waals surface area contributed by atoms with Gasteiger partial charge in [-0.2, -0.15) is 5.10 Å². The SMILES string of the molecule is COCCOCCCOc1c(N)c(C)nn1C. The van der Waals surface area contributed by atoms with E-state index in [1.807, 2.05) is 14.0 Å². The van der Waals surface area contributed by atoms with E-state index < -0.39 is 0 Å². The summed E-state index contributed by atoms with van der Waals surface area (Å²) < 4.78 is 17.4. The molecule has 6 nitrogen and oxygen atoms in total. The van der Waals surface area contributed by atoms with Crippen molar-refractivity contribution in [2.75, 3.05) is 39.3 Å². The third kappa shape index (κ3) is 4.24. The molecule has 6 heteroatoms. The molecule has 0 saturated heterocycles. The van der Waals surface area contributed by atoms with Crippen LogP contribution in [0.25, 0.3) is 0 Å². The van der Waals surface area contributed by atoms with Crippen molar-refractivity contribution in [3.63, 3.8) is 0 Å². The van der Waals surface area contributed by atoms with Gasteiger partial charge in [0.05, 0.1) is 25.5 Å². The van der Waals surface area contributed by atoms with E-state index in [9.17, 15) is 0 Å². The molecule has 0 aliphatic rings. The highest BCUT2D eigenvalue weighted by molar-refractivity contribution is 5.52. The Morgan fingerprint density at radius 3 is 2.59 bits per heavy atom. The molecular weight excluding hydrogens is 222 g/mol. The Bertz CT molecular complexity index is 339. The van der Waals surface area contributed by atoms with Gasteiger partial charge in [-0.25, -0.2) is 4.68 Å². The Morgan fingerprint density at radius 1 is 1.24 bits per heavy atom. The van der Waals surface area contributed by atoms with Crippen molar-refractivity contribution in [2.24, 2.45) is 7.05 Å². The van der Waals surface area contributed by atoms with Gasteiger partial charge in [0.2, 0.25) is 5.88 Å². The van der Waals surface area contributed by atoms with Gasteiger partial charge in [0, 0.05) is 27.2 Å². The van der Waals surface area contributed by atoms with Crippen LogP contribution in [-0.4, -0.2) is 43.3 Å². The largest absolute Gasteiger partial charge is 0.476 e. The van der Waals surface area contributed by atoms with Crippen LogP contribution >= 0.6 is 0 Å². The van der Waals surface area contributed by atoms with Crippen molar-refractivity contribution in [3.8, 4) is 5.88 Å². The molecule has 2 N–H and O–H groups in total. The molecule has 0 saturated carbocycles. The summed E-state index contributed by atoms with van der Waals surface area (Å²) in [6, 6.07) is 0. The Balaban J connectivity index is 2.18. The zero-order valence-corrected chi connectivity index (χ0v) is 10.7. The van der Waals surface area contributed by atoms with E-state index in [4.69, 9.17) is 19.9 Å². The third-order valence-corrected chi connectivity index (χ3v) is 2.32. The molecule has 0 aromatic carbocycles. The Morgan fingerprint density at radius 2 is 2.00 bits per heavy atom. The topological polar surface area (TPSA) is 71.5 Å². The normalized spacial score (nSPS) is 10.8. The fraction of sp³-hybridized carbons (Fsp3) is 0.727. The first-order valence-electron chi connectivity index (χ1n) is 5.65. The number of aromatic nitrogens is 2. The van der Waals surface area contributed by atoms with Crippen LogP contribution < -0.4 is 10.5 Å². The van der Waals surface area contributed by atoms with E-state index in [1.54, 1.807) is 11.8 Å². The second-order valence-electron chi connectivity index (χ2n) is 3.74. The molecule has 0 atom stereocenters. The van der Waals surface area contributed by atoms with E-state index in [2.05, 4.69) is 5.10 Å². The van der Waals surface area contributed by atoms with E-state index in [1.165, 1.54) is 0 Å². The molecule has 17 heavy (non-hydrogen) atoms. The second kappa shape index (κ2) is 7.13. The van der Waals surface area contributed by atoms with Gasteiger partial charge in [-0.15, -0.1) is 0 Å². The Kier molecular flexibility index (Phi) is 5.79. The number of aryl methyl sites for hydroxylation is 2. The van der Waals surface area contributed by atoms with Crippen molar-refractivity contribution < 1.29 is 14.2 Å². The Labute approximate surface area is 102 Å². The molecule has 1 aromatic rings. The van der Waals surface area contributed by atoms with Gasteiger partial charge in [-0.3, -0.25) is 0 Å². The third-order valence-electron chi connectivity index (χ3n) is 2.32. The predicted molar refractivity (Wildman–Crippen MR) is 65.2 cm³/mol. The number of nitrogen functional groups attached to an aromatic ring is 1. The highest BCUT2D eigenvalue weighted by Crippen LogP contribution is 2.23. The van der Waals surface area contributed by atoms with E-state index in [-0.39, 0.29) is 0 Å². The van der Waals surface area contributed by atoms with Gasteiger partial charge in [-0.1, -0.05) is 0 Å². The first-order chi connectivity index (χ1) is 8.16. The first kappa shape index (κ1) is 13.8. The van der Waals surface area contributed by atoms with Gasteiger partial charge in [0.25, 0.3) is 0 Å². The van der Waals surface area contributed by atoms with Crippen LogP contribution in [-0.2, 0) is 16.5 Å². The molecule has 1 rings (SSSR count). The molecule has 1 heterocycles. The average Bonchev–Trinajstić information content (AvgIpc) is 2.54. The number of hydrogen-bond donors (Lipinski definition) is 1. The molecule has 0 fully saturated rings. The smallest absolute Gasteiger partial charge is 0.235 e. The second-order valence-corrected chi connectivity index (χ2v) is 3.74. The summed E-state index contributed by atoms with van der Waals surface area (Å²) in [6.45, 7) is 4.31. The molecule has 0 unspecified atom stereocenters. The summed E-state index contributed by atoms with van der Waals surface area (Å²) in [5, 5.41) is 4.17. The number of rotatable bonds is 8. The quantitative estimate of drug-likeness (QED) is 0.682. The number of nitrogens with zero attached hydrogens (tertiary/aromatic N) is 2. The summed E-state index contributed by atoms with van der Waals surface area (Å²) >= 11 is 0. The van der Waals surface area contributed by atoms with Crippen LogP contribution in [0.4, 0.5) is 5.69 Å². The van der Waals surface area contributed by atoms with Crippen LogP contribution in [0.5, 0.6) is 5.88 Å². The van der Waals surface area contributed by atoms with Gasteiger partial charge in [0.1, 0.15) is 5.69 Å². The fourth-order valence-electron chi connectivity index (χ4n) is 1.40.